The number of rotatable bonds is 4. The highest BCUT2D eigenvalue weighted by molar-refractivity contribution is 5.30. The predicted octanol–water partition coefficient (Wildman–Crippen LogP) is 1.49. The number of aliphatic hydroxyl groups is 1. The highest BCUT2D eigenvalue weighted by Gasteiger charge is 2.26. The smallest absolute Gasteiger partial charge is 0.0766 e. The molecule has 3 rings (SSSR count). The van der Waals surface area contributed by atoms with Gasteiger partial charge in [0.1, 0.15) is 0 Å². The van der Waals surface area contributed by atoms with E-state index in [0.717, 1.165) is 30.8 Å². The number of para-hydroxylation sites is 1. The van der Waals surface area contributed by atoms with Crippen molar-refractivity contribution < 1.29 is 5.11 Å². The van der Waals surface area contributed by atoms with Crippen LogP contribution in [0.15, 0.2) is 42.6 Å². The molecule has 94 valence electrons. The minimum Gasteiger partial charge on any atom is -0.393 e. The van der Waals surface area contributed by atoms with E-state index in [-0.39, 0.29) is 6.10 Å². The highest BCUT2D eigenvalue weighted by Crippen LogP contribution is 2.19. The molecule has 1 heterocycles. The molecule has 1 aromatic carbocycles. The van der Waals surface area contributed by atoms with E-state index in [2.05, 4.69) is 10.4 Å². The maximum atomic E-state index is 9.21. The zero-order chi connectivity index (χ0) is 12.4. The van der Waals surface area contributed by atoms with Gasteiger partial charge in [0.2, 0.25) is 0 Å². The van der Waals surface area contributed by atoms with Crippen molar-refractivity contribution in [1.82, 2.24) is 15.1 Å². The van der Waals surface area contributed by atoms with Gasteiger partial charge in [-0.3, -0.25) is 0 Å². The second-order valence-corrected chi connectivity index (χ2v) is 4.79. The Bertz CT molecular complexity index is 503. The summed E-state index contributed by atoms with van der Waals surface area (Å²) in [6.07, 6.45) is 3.59. The van der Waals surface area contributed by atoms with Crippen LogP contribution in [0.5, 0.6) is 0 Å². The summed E-state index contributed by atoms with van der Waals surface area (Å²) in [5.41, 5.74) is 2.10. The number of hydrogen-bond acceptors (Lipinski definition) is 3. The molecule has 2 aromatic rings. The standard InChI is InChI=1S/C14H17N3O/c18-14-8-12(9-14)15-10-11-6-7-17(16-11)13-4-2-1-3-5-13/h1-7,12,14-15,18H,8-10H2. The van der Waals surface area contributed by atoms with Gasteiger partial charge < -0.3 is 10.4 Å². The molecule has 0 bridgehead atoms. The van der Waals surface area contributed by atoms with E-state index in [4.69, 9.17) is 0 Å². The fraction of sp³-hybridized carbons (Fsp3) is 0.357. The van der Waals surface area contributed by atoms with Crippen molar-refractivity contribution in [3.63, 3.8) is 0 Å². The molecule has 0 amide bonds. The predicted molar refractivity (Wildman–Crippen MR) is 69.4 cm³/mol. The van der Waals surface area contributed by atoms with Crippen LogP contribution in [0, 0.1) is 0 Å². The molecule has 4 heteroatoms. The maximum Gasteiger partial charge on any atom is 0.0766 e. The fourth-order valence-corrected chi connectivity index (χ4v) is 2.18. The van der Waals surface area contributed by atoms with E-state index in [9.17, 15) is 5.11 Å². The van der Waals surface area contributed by atoms with Gasteiger partial charge in [-0.1, -0.05) is 18.2 Å². The molecule has 0 saturated heterocycles. The van der Waals surface area contributed by atoms with Crippen LogP contribution in [-0.2, 0) is 6.54 Å². The van der Waals surface area contributed by atoms with Crippen LogP contribution < -0.4 is 5.32 Å². The number of benzene rings is 1. The van der Waals surface area contributed by atoms with Crippen LogP contribution in [0.2, 0.25) is 0 Å². The number of nitrogens with one attached hydrogen (secondary N) is 1. The number of nitrogens with zero attached hydrogens (tertiary/aromatic N) is 2. The molecule has 1 fully saturated rings. The average Bonchev–Trinajstić information content (AvgIpc) is 2.83. The number of aromatic nitrogens is 2. The summed E-state index contributed by atoms with van der Waals surface area (Å²) in [5.74, 6) is 0. The SMILES string of the molecule is OC1CC(NCc2ccn(-c3ccccc3)n2)C1. The van der Waals surface area contributed by atoms with E-state index in [1.807, 2.05) is 47.3 Å². The monoisotopic (exact) mass is 243 g/mol. The third kappa shape index (κ3) is 2.44. The van der Waals surface area contributed by atoms with Gasteiger partial charge in [0.15, 0.2) is 0 Å². The highest BCUT2D eigenvalue weighted by atomic mass is 16.3. The summed E-state index contributed by atoms with van der Waals surface area (Å²) < 4.78 is 1.88. The molecule has 1 aliphatic carbocycles. The molecular weight excluding hydrogens is 226 g/mol. The van der Waals surface area contributed by atoms with Crippen molar-refractivity contribution in [3.05, 3.63) is 48.3 Å². The topological polar surface area (TPSA) is 50.1 Å². The van der Waals surface area contributed by atoms with Crippen molar-refractivity contribution in [2.75, 3.05) is 0 Å². The van der Waals surface area contributed by atoms with Gasteiger partial charge in [0.05, 0.1) is 17.5 Å². The molecule has 1 saturated carbocycles. The quantitative estimate of drug-likeness (QED) is 0.855. The first kappa shape index (κ1) is 11.4. The molecule has 4 nitrogen and oxygen atoms in total. The molecule has 1 aliphatic rings. The Labute approximate surface area is 106 Å². The first-order chi connectivity index (χ1) is 8.81. The lowest BCUT2D eigenvalue weighted by atomic mass is 9.89. The van der Waals surface area contributed by atoms with Crippen molar-refractivity contribution >= 4 is 0 Å². The average molecular weight is 243 g/mol. The van der Waals surface area contributed by atoms with Gasteiger partial charge in [-0.25, -0.2) is 4.68 Å². The van der Waals surface area contributed by atoms with Gasteiger partial charge in [-0.15, -0.1) is 0 Å². The van der Waals surface area contributed by atoms with Gasteiger partial charge in [0, 0.05) is 18.8 Å². The molecular formula is C14H17N3O. The van der Waals surface area contributed by atoms with E-state index in [0.29, 0.717) is 6.04 Å². The summed E-state index contributed by atoms with van der Waals surface area (Å²) >= 11 is 0. The zero-order valence-electron chi connectivity index (χ0n) is 10.2. The number of hydrogen-bond donors (Lipinski definition) is 2. The van der Waals surface area contributed by atoms with Crippen molar-refractivity contribution in [2.45, 2.75) is 31.5 Å². The van der Waals surface area contributed by atoms with E-state index < -0.39 is 0 Å². The molecule has 0 aliphatic heterocycles. The normalized spacial score (nSPS) is 22.7. The Morgan fingerprint density at radius 3 is 2.72 bits per heavy atom. The Hall–Kier alpha value is -1.65. The lowest BCUT2D eigenvalue weighted by molar-refractivity contribution is 0.0618. The largest absolute Gasteiger partial charge is 0.393 e. The fourth-order valence-electron chi connectivity index (χ4n) is 2.18. The molecule has 1 aromatic heterocycles. The summed E-state index contributed by atoms with van der Waals surface area (Å²) in [6.45, 7) is 0.761. The Morgan fingerprint density at radius 1 is 1.22 bits per heavy atom. The van der Waals surface area contributed by atoms with E-state index >= 15 is 0 Å². The molecule has 0 atom stereocenters. The zero-order valence-corrected chi connectivity index (χ0v) is 10.2. The summed E-state index contributed by atoms with van der Waals surface area (Å²) in [6, 6.07) is 12.5. The first-order valence-corrected chi connectivity index (χ1v) is 6.33. The molecule has 0 radical (unpaired) electrons. The third-order valence-electron chi connectivity index (χ3n) is 3.35. The molecule has 0 spiro atoms. The van der Waals surface area contributed by atoms with E-state index in [1.54, 1.807) is 0 Å². The van der Waals surface area contributed by atoms with E-state index in [1.165, 1.54) is 0 Å². The van der Waals surface area contributed by atoms with Gasteiger partial charge in [-0.05, 0) is 31.0 Å². The summed E-state index contributed by atoms with van der Waals surface area (Å²) in [4.78, 5) is 0. The first-order valence-electron chi connectivity index (χ1n) is 6.33. The van der Waals surface area contributed by atoms with Crippen molar-refractivity contribution in [3.8, 4) is 5.69 Å². The van der Waals surface area contributed by atoms with Gasteiger partial charge in [-0.2, -0.15) is 5.10 Å². The van der Waals surface area contributed by atoms with Crippen molar-refractivity contribution in [1.29, 1.82) is 0 Å². The van der Waals surface area contributed by atoms with Crippen LogP contribution >= 0.6 is 0 Å². The minimum absolute atomic E-state index is 0.107. The third-order valence-corrected chi connectivity index (χ3v) is 3.35. The van der Waals surface area contributed by atoms with Crippen LogP contribution in [0.1, 0.15) is 18.5 Å². The lowest BCUT2D eigenvalue weighted by Gasteiger charge is -2.31. The van der Waals surface area contributed by atoms with Crippen LogP contribution in [0.4, 0.5) is 0 Å². The summed E-state index contributed by atoms with van der Waals surface area (Å²) in [5, 5.41) is 17.1. The second kappa shape index (κ2) is 4.92. The Morgan fingerprint density at radius 2 is 2.00 bits per heavy atom. The van der Waals surface area contributed by atoms with Gasteiger partial charge in [0.25, 0.3) is 0 Å². The van der Waals surface area contributed by atoms with Gasteiger partial charge >= 0.3 is 0 Å². The molecule has 0 unspecified atom stereocenters. The lowest BCUT2D eigenvalue weighted by Crippen LogP contribution is -2.43. The Balaban J connectivity index is 1.60. The molecule has 18 heavy (non-hydrogen) atoms. The van der Waals surface area contributed by atoms with Crippen molar-refractivity contribution in [2.24, 2.45) is 0 Å². The Kier molecular flexibility index (Phi) is 3.13. The molecule has 2 N–H and O–H groups in total. The van der Waals surface area contributed by atoms with Crippen LogP contribution in [0.3, 0.4) is 0 Å². The summed E-state index contributed by atoms with van der Waals surface area (Å²) in [7, 11) is 0. The maximum absolute atomic E-state index is 9.21. The van der Waals surface area contributed by atoms with Crippen LogP contribution in [0.25, 0.3) is 5.69 Å². The van der Waals surface area contributed by atoms with Crippen LogP contribution in [-0.4, -0.2) is 27.0 Å². The number of aliphatic hydroxyl groups excluding tert-OH is 1. The second-order valence-electron chi connectivity index (χ2n) is 4.79. The minimum atomic E-state index is -0.107.